The van der Waals surface area contributed by atoms with Crippen molar-refractivity contribution in [3.8, 4) is 16.3 Å². The number of rotatable bonds is 7. The number of ether oxygens (including phenoxy) is 1. The van der Waals surface area contributed by atoms with Crippen molar-refractivity contribution in [3.63, 3.8) is 0 Å². The molecule has 1 N–H and O–H groups in total. The van der Waals surface area contributed by atoms with Crippen LogP contribution in [-0.2, 0) is 11.2 Å². The molecule has 2 rings (SSSR count). The summed E-state index contributed by atoms with van der Waals surface area (Å²) in [6, 6.07) is 7.84. The van der Waals surface area contributed by atoms with Crippen molar-refractivity contribution < 1.29 is 9.53 Å². The van der Waals surface area contributed by atoms with Gasteiger partial charge in [-0.1, -0.05) is 19.1 Å². The minimum Gasteiger partial charge on any atom is -0.493 e. The third-order valence-corrected chi connectivity index (χ3v) is 3.81. The fourth-order valence-corrected chi connectivity index (χ4v) is 2.78. The first kappa shape index (κ1) is 15.5. The van der Waals surface area contributed by atoms with Crippen LogP contribution in [0, 0.1) is 0 Å². The van der Waals surface area contributed by atoms with E-state index in [9.17, 15) is 4.79 Å². The highest BCUT2D eigenvalue weighted by Crippen LogP contribution is 2.32. The van der Waals surface area contributed by atoms with Crippen LogP contribution in [-0.4, -0.2) is 24.0 Å². The molecule has 0 aliphatic heterocycles. The second kappa shape index (κ2) is 7.78. The first-order valence-electron chi connectivity index (χ1n) is 7.17. The van der Waals surface area contributed by atoms with Crippen LogP contribution in [0.3, 0.4) is 0 Å². The summed E-state index contributed by atoms with van der Waals surface area (Å²) >= 11 is 1.54. The number of nitrogens with one attached hydrogen (secondary N) is 1. The van der Waals surface area contributed by atoms with Gasteiger partial charge in [-0.15, -0.1) is 11.3 Å². The normalized spacial score (nSPS) is 10.4. The van der Waals surface area contributed by atoms with Gasteiger partial charge < -0.3 is 10.1 Å². The first-order valence-corrected chi connectivity index (χ1v) is 8.05. The number of nitrogens with zero attached hydrogens (tertiary/aromatic N) is 1. The molecule has 2 aromatic rings. The number of carbonyl (C=O) groups is 1. The van der Waals surface area contributed by atoms with E-state index in [4.69, 9.17) is 4.74 Å². The molecule has 1 aromatic heterocycles. The molecule has 1 aromatic carbocycles. The molecule has 0 spiro atoms. The van der Waals surface area contributed by atoms with E-state index >= 15 is 0 Å². The van der Waals surface area contributed by atoms with Gasteiger partial charge in [0.15, 0.2) is 0 Å². The fraction of sp³-hybridized carbons (Fsp3) is 0.375. The number of benzene rings is 1. The maximum atomic E-state index is 11.7. The lowest BCUT2D eigenvalue weighted by Crippen LogP contribution is -2.25. The highest BCUT2D eigenvalue weighted by atomic mass is 32.1. The molecular weight excluding hydrogens is 284 g/mol. The van der Waals surface area contributed by atoms with E-state index in [1.807, 2.05) is 43.5 Å². The van der Waals surface area contributed by atoms with Crippen LogP contribution in [0.25, 0.3) is 10.6 Å². The molecule has 1 amide bonds. The van der Waals surface area contributed by atoms with Crippen LogP contribution >= 0.6 is 11.3 Å². The predicted molar refractivity (Wildman–Crippen MR) is 85.7 cm³/mol. The molecule has 0 saturated carbocycles. The summed E-state index contributed by atoms with van der Waals surface area (Å²) in [6.07, 6.45) is 1.27. The van der Waals surface area contributed by atoms with Gasteiger partial charge in [-0.05, 0) is 25.5 Å². The van der Waals surface area contributed by atoms with Gasteiger partial charge in [0.1, 0.15) is 10.8 Å². The summed E-state index contributed by atoms with van der Waals surface area (Å²) in [4.78, 5) is 16.3. The topological polar surface area (TPSA) is 51.2 Å². The number of carbonyl (C=O) groups excluding carboxylic acids is 1. The van der Waals surface area contributed by atoms with Crippen LogP contribution in [0.15, 0.2) is 29.6 Å². The van der Waals surface area contributed by atoms with Gasteiger partial charge in [0.05, 0.1) is 24.3 Å². The second-order valence-corrected chi connectivity index (χ2v) is 5.46. The Morgan fingerprint density at radius 2 is 2.14 bits per heavy atom. The van der Waals surface area contributed by atoms with E-state index in [0.717, 1.165) is 28.4 Å². The van der Waals surface area contributed by atoms with Gasteiger partial charge in [0.25, 0.3) is 0 Å². The van der Waals surface area contributed by atoms with Crippen molar-refractivity contribution in [2.45, 2.75) is 26.7 Å². The average molecular weight is 304 g/mol. The molecule has 0 radical (unpaired) electrons. The second-order valence-electron chi connectivity index (χ2n) is 4.60. The van der Waals surface area contributed by atoms with Crippen LogP contribution < -0.4 is 10.1 Å². The first-order chi connectivity index (χ1) is 10.2. The van der Waals surface area contributed by atoms with E-state index in [-0.39, 0.29) is 5.91 Å². The lowest BCUT2D eigenvalue weighted by atomic mass is 10.2. The Bertz CT molecular complexity index is 595. The predicted octanol–water partition coefficient (Wildman–Crippen LogP) is 3.28. The standard InChI is InChI=1S/C16H20N2O2S/c1-3-9-17-15(19)10-12-11-21-16(18-12)13-7-5-6-8-14(13)20-4-2/h5-8,11H,3-4,9-10H2,1-2H3,(H,17,19). The van der Waals surface area contributed by atoms with Crippen molar-refractivity contribution in [3.05, 3.63) is 35.3 Å². The van der Waals surface area contributed by atoms with Crippen molar-refractivity contribution in [2.24, 2.45) is 0 Å². The third kappa shape index (κ3) is 4.29. The third-order valence-electron chi connectivity index (χ3n) is 2.88. The zero-order valence-electron chi connectivity index (χ0n) is 12.4. The van der Waals surface area contributed by atoms with Crippen LogP contribution in [0.2, 0.25) is 0 Å². The Kier molecular flexibility index (Phi) is 5.75. The number of hydrogen-bond acceptors (Lipinski definition) is 4. The highest BCUT2D eigenvalue weighted by Gasteiger charge is 2.12. The van der Waals surface area contributed by atoms with Crippen molar-refractivity contribution in [1.82, 2.24) is 10.3 Å². The molecule has 0 atom stereocenters. The summed E-state index contributed by atoms with van der Waals surface area (Å²) in [5.74, 6) is 0.850. The molecular formula is C16H20N2O2S. The van der Waals surface area contributed by atoms with Crippen LogP contribution in [0.1, 0.15) is 26.0 Å². The van der Waals surface area contributed by atoms with Gasteiger partial charge >= 0.3 is 0 Å². The Balaban J connectivity index is 2.11. The van der Waals surface area contributed by atoms with E-state index in [2.05, 4.69) is 10.3 Å². The van der Waals surface area contributed by atoms with Crippen molar-refractivity contribution >= 4 is 17.2 Å². The molecule has 112 valence electrons. The quantitative estimate of drug-likeness (QED) is 0.854. The summed E-state index contributed by atoms with van der Waals surface area (Å²) < 4.78 is 5.62. The number of aromatic nitrogens is 1. The SMILES string of the molecule is CCCNC(=O)Cc1csc(-c2ccccc2OCC)n1. The average Bonchev–Trinajstić information content (AvgIpc) is 2.94. The smallest absolute Gasteiger partial charge is 0.226 e. The molecule has 1 heterocycles. The minimum atomic E-state index is 0.0202. The number of para-hydroxylation sites is 1. The zero-order valence-corrected chi connectivity index (χ0v) is 13.2. The lowest BCUT2D eigenvalue weighted by molar-refractivity contribution is -0.120. The van der Waals surface area contributed by atoms with Gasteiger partial charge in [0.2, 0.25) is 5.91 Å². The maximum absolute atomic E-state index is 11.7. The maximum Gasteiger partial charge on any atom is 0.226 e. The molecule has 4 nitrogen and oxygen atoms in total. The largest absolute Gasteiger partial charge is 0.493 e. The van der Waals surface area contributed by atoms with Crippen LogP contribution in [0.4, 0.5) is 0 Å². The van der Waals surface area contributed by atoms with E-state index in [0.29, 0.717) is 19.6 Å². The zero-order chi connectivity index (χ0) is 15.1. The molecule has 0 aliphatic rings. The Hall–Kier alpha value is -1.88. The monoisotopic (exact) mass is 304 g/mol. The Morgan fingerprint density at radius 3 is 2.90 bits per heavy atom. The Morgan fingerprint density at radius 1 is 1.33 bits per heavy atom. The molecule has 5 heteroatoms. The number of amides is 1. The summed E-state index contributed by atoms with van der Waals surface area (Å²) in [7, 11) is 0. The number of thiazole rings is 1. The molecule has 0 bridgehead atoms. The fourth-order valence-electron chi connectivity index (χ4n) is 1.93. The van der Waals surface area contributed by atoms with Crippen molar-refractivity contribution in [2.75, 3.05) is 13.2 Å². The van der Waals surface area contributed by atoms with E-state index in [1.54, 1.807) is 0 Å². The van der Waals surface area contributed by atoms with Gasteiger partial charge in [-0.3, -0.25) is 4.79 Å². The summed E-state index contributed by atoms with van der Waals surface area (Å²) in [5.41, 5.74) is 1.78. The van der Waals surface area contributed by atoms with Gasteiger partial charge in [-0.2, -0.15) is 0 Å². The Labute approximate surface area is 129 Å². The molecule has 0 saturated heterocycles. The summed E-state index contributed by atoms with van der Waals surface area (Å²) in [6.45, 7) is 5.33. The highest BCUT2D eigenvalue weighted by molar-refractivity contribution is 7.13. The van der Waals surface area contributed by atoms with Gasteiger partial charge in [-0.25, -0.2) is 4.98 Å². The minimum absolute atomic E-state index is 0.0202. The van der Waals surface area contributed by atoms with E-state index < -0.39 is 0 Å². The summed E-state index contributed by atoms with van der Waals surface area (Å²) in [5, 5.41) is 5.68. The molecule has 21 heavy (non-hydrogen) atoms. The molecule has 0 fully saturated rings. The van der Waals surface area contributed by atoms with E-state index in [1.165, 1.54) is 11.3 Å². The number of hydrogen-bond donors (Lipinski definition) is 1. The van der Waals surface area contributed by atoms with Gasteiger partial charge in [0, 0.05) is 11.9 Å². The van der Waals surface area contributed by atoms with Crippen LogP contribution in [0.5, 0.6) is 5.75 Å². The molecule has 0 unspecified atom stereocenters. The lowest BCUT2D eigenvalue weighted by Gasteiger charge is -2.07. The van der Waals surface area contributed by atoms with Crippen molar-refractivity contribution in [1.29, 1.82) is 0 Å². The molecule has 0 aliphatic carbocycles.